The van der Waals surface area contributed by atoms with Gasteiger partial charge in [0.2, 0.25) is 0 Å². The standard InChI is InChI=1S/C23H18N2O6/c1-30-22(28)13-10-19(20(21(26)27)24-11-13)25-23(29)31-12-18-16-8-4-2-6-14(16)15-7-3-5-9-17(15)18/h2-11,18H,12H2,1H3,(H,25,29)(H,26,27). The Balaban J connectivity index is 1.53. The molecule has 0 radical (unpaired) electrons. The van der Waals surface area contributed by atoms with Crippen LogP contribution in [-0.2, 0) is 9.47 Å². The Labute approximate surface area is 177 Å². The van der Waals surface area contributed by atoms with E-state index in [1.807, 2.05) is 48.5 Å². The summed E-state index contributed by atoms with van der Waals surface area (Å²) in [5, 5.41) is 11.7. The van der Waals surface area contributed by atoms with Gasteiger partial charge in [0.05, 0.1) is 18.4 Å². The first-order chi connectivity index (χ1) is 15.0. The van der Waals surface area contributed by atoms with E-state index >= 15 is 0 Å². The second-order valence-electron chi connectivity index (χ2n) is 6.87. The van der Waals surface area contributed by atoms with Gasteiger partial charge in [0.25, 0.3) is 0 Å². The van der Waals surface area contributed by atoms with Crippen molar-refractivity contribution >= 4 is 23.7 Å². The third-order valence-corrected chi connectivity index (χ3v) is 5.09. The van der Waals surface area contributed by atoms with Crippen molar-refractivity contribution in [1.82, 2.24) is 4.98 Å². The number of carbonyl (C=O) groups excluding carboxylic acids is 2. The minimum absolute atomic E-state index is 0.00134. The topological polar surface area (TPSA) is 115 Å². The number of hydrogen-bond acceptors (Lipinski definition) is 6. The van der Waals surface area contributed by atoms with Crippen molar-refractivity contribution in [2.75, 3.05) is 19.0 Å². The predicted octanol–water partition coefficient (Wildman–Crippen LogP) is 3.93. The molecule has 2 N–H and O–H groups in total. The number of anilines is 1. The number of rotatable bonds is 5. The first-order valence-corrected chi connectivity index (χ1v) is 9.43. The van der Waals surface area contributed by atoms with E-state index in [0.717, 1.165) is 28.5 Å². The molecule has 3 aromatic rings. The Hall–Kier alpha value is -4.20. The van der Waals surface area contributed by atoms with Crippen molar-refractivity contribution in [2.45, 2.75) is 5.92 Å². The second-order valence-corrected chi connectivity index (χ2v) is 6.87. The molecule has 1 heterocycles. The number of aromatic carboxylic acids is 1. The lowest BCUT2D eigenvalue weighted by molar-refractivity contribution is 0.0597. The van der Waals surface area contributed by atoms with Crippen LogP contribution in [0.2, 0.25) is 0 Å². The average molecular weight is 418 g/mol. The third kappa shape index (κ3) is 3.83. The summed E-state index contributed by atoms with van der Waals surface area (Å²) >= 11 is 0. The number of fused-ring (bicyclic) bond motifs is 3. The highest BCUT2D eigenvalue weighted by molar-refractivity contribution is 5.99. The molecule has 156 valence electrons. The van der Waals surface area contributed by atoms with Crippen molar-refractivity contribution < 1.29 is 29.0 Å². The molecule has 0 aliphatic heterocycles. The zero-order valence-electron chi connectivity index (χ0n) is 16.5. The molecule has 0 bridgehead atoms. The van der Waals surface area contributed by atoms with Crippen LogP contribution in [0, 0.1) is 0 Å². The lowest BCUT2D eigenvalue weighted by Gasteiger charge is -2.15. The molecule has 1 aliphatic rings. The smallest absolute Gasteiger partial charge is 0.411 e. The molecule has 1 aliphatic carbocycles. The van der Waals surface area contributed by atoms with Crippen molar-refractivity contribution in [3.63, 3.8) is 0 Å². The molecule has 0 saturated carbocycles. The van der Waals surface area contributed by atoms with Gasteiger partial charge in [0.1, 0.15) is 6.61 Å². The van der Waals surface area contributed by atoms with E-state index in [0.29, 0.717) is 0 Å². The Kier molecular flexibility index (Phi) is 5.36. The molecule has 0 saturated heterocycles. The lowest BCUT2D eigenvalue weighted by Crippen LogP contribution is -2.20. The summed E-state index contributed by atoms with van der Waals surface area (Å²) in [6.45, 7) is 0.0619. The van der Waals surface area contributed by atoms with E-state index in [-0.39, 0.29) is 23.8 Å². The Bertz CT molecular complexity index is 1140. The molecular weight excluding hydrogens is 400 g/mol. The van der Waals surface area contributed by atoms with Crippen LogP contribution in [-0.4, -0.2) is 41.8 Å². The van der Waals surface area contributed by atoms with E-state index in [1.54, 1.807) is 0 Å². The summed E-state index contributed by atoms with van der Waals surface area (Å²) in [7, 11) is 1.19. The van der Waals surface area contributed by atoms with Crippen LogP contribution in [0.4, 0.5) is 10.5 Å². The number of esters is 1. The van der Waals surface area contributed by atoms with Crippen molar-refractivity contribution in [1.29, 1.82) is 0 Å². The summed E-state index contributed by atoms with van der Waals surface area (Å²) in [5.74, 6) is -2.21. The molecule has 4 rings (SSSR count). The molecule has 2 aromatic carbocycles. The number of amides is 1. The largest absolute Gasteiger partial charge is 0.476 e. The van der Waals surface area contributed by atoms with Crippen molar-refractivity contribution in [3.05, 3.63) is 83.2 Å². The first-order valence-electron chi connectivity index (χ1n) is 9.43. The van der Waals surface area contributed by atoms with Gasteiger partial charge in [0.15, 0.2) is 5.69 Å². The van der Waals surface area contributed by atoms with E-state index in [4.69, 9.17) is 4.74 Å². The van der Waals surface area contributed by atoms with E-state index < -0.39 is 23.7 Å². The minimum Gasteiger partial charge on any atom is -0.476 e. The Morgan fingerprint density at radius 2 is 1.65 bits per heavy atom. The van der Waals surface area contributed by atoms with Crippen LogP contribution in [0.5, 0.6) is 0 Å². The van der Waals surface area contributed by atoms with Crippen LogP contribution in [0.1, 0.15) is 37.9 Å². The fraction of sp³-hybridized carbons (Fsp3) is 0.130. The van der Waals surface area contributed by atoms with E-state index in [1.165, 1.54) is 13.2 Å². The number of aromatic nitrogens is 1. The van der Waals surface area contributed by atoms with E-state index in [9.17, 15) is 19.5 Å². The number of nitrogens with one attached hydrogen (secondary N) is 1. The minimum atomic E-state index is -1.36. The van der Waals surface area contributed by atoms with Gasteiger partial charge in [-0.1, -0.05) is 48.5 Å². The molecule has 31 heavy (non-hydrogen) atoms. The van der Waals surface area contributed by atoms with Crippen molar-refractivity contribution in [3.8, 4) is 11.1 Å². The summed E-state index contributed by atoms with van der Waals surface area (Å²) in [5.41, 5.74) is 3.72. The zero-order valence-corrected chi connectivity index (χ0v) is 16.5. The highest BCUT2D eigenvalue weighted by atomic mass is 16.5. The average Bonchev–Trinajstić information content (AvgIpc) is 3.10. The fourth-order valence-corrected chi connectivity index (χ4v) is 3.70. The highest BCUT2D eigenvalue weighted by Crippen LogP contribution is 2.44. The van der Waals surface area contributed by atoms with Crippen LogP contribution in [0.15, 0.2) is 60.8 Å². The van der Waals surface area contributed by atoms with E-state index in [2.05, 4.69) is 15.0 Å². The number of methoxy groups -OCH3 is 1. The maximum absolute atomic E-state index is 12.4. The second kappa shape index (κ2) is 8.27. The first kappa shape index (κ1) is 20.1. The molecule has 0 unspecified atom stereocenters. The van der Waals surface area contributed by atoms with Gasteiger partial charge in [-0.05, 0) is 28.3 Å². The van der Waals surface area contributed by atoms with Gasteiger partial charge in [-0.15, -0.1) is 0 Å². The predicted molar refractivity (Wildman–Crippen MR) is 111 cm³/mol. The van der Waals surface area contributed by atoms with Gasteiger partial charge in [-0.2, -0.15) is 0 Å². The monoisotopic (exact) mass is 418 g/mol. The molecule has 0 atom stereocenters. The SMILES string of the molecule is COC(=O)c1cnc(C(=O)O)c(NC(=O)OCC2c3ccccc3-c3ccccc32)c1. The van der Waals surface area contributed by atoms with Crippen LogP contribution < -0.4 is 5.32 Å². The number of nitrogens with zero attached hydrogens (tertiary/aromatic N) is 1. The normalized spacial score (nSPS) is 11.9. The Morgan fingerprint density at radius 3 is 2.23 bits per heavy atom. The van der Waals surface area contributed by atoms with Gasteiger partial charge in [0, 0.05) is 12.1 Å². The molecule has 1 amide bonds. The number of carboxylic acid groups (broad SMARTS) is 1. The fourth-order valence-electron chi connectivity index (χ4n) is 3.70. The quantitative estimate of drug-likeness (QED) is 0.603. The maximum atomic E-state index is 12.4. The molecule has 8 heteroatoms. The number of ether oxygens (including phenoxy) is 2. The number of carbonyl (C=O) groups is 3. The van der Waals surface area contributed by atoms with Gasteiger partial charge < -0.3 is 14.6 Å². The van der Waals surface area contributed by atoms with Crippen molar-refractivity contribution in [2.24, 2.45) is 0 Å². The summed E-state index contributed by atoms with van der Waals surface area (Å²) < 4.78 is 10.0. The zero-order chi connectivity index (χ0) is 22.0. The van der Waals surface area contributed by atoms with Gasteiger partial charge in [-0.25, -0.2) is 19.4 Å². The van der Waals surface area contributed by atoms with Crippen LogP contribution in [0.25, 0.3) is 11.1 Å². The maximum Gasteiger partial charge on any atom is 0.411 e. The number of carboxylic acids is 1. The Morgan fingerprint density at radius 1 is 1.03 bits per heavy atom. The molecular formula is C23H18N2O6. The summed E-state index contributed by atoms with van der Waals surface area (Å²) in [6.07, 6.45) is 0.214. The molecule has 8 nitrogen and oxygen atoms in total. The third-order valence-electron chi connectivity index (χ3n) is 5.09. The molecule has 1 aromatic heterocycles. The number of pyridine rings is 1. The number of hydrogen-bond donors (Lipinski definition) is 2. The van der Waals surface area contributed by atoms with Crippen LogP contribution in [0.3, 0.4) is 0 Å². The highest BCUT2D eigenvalue weighted by Gasteiger charge is 2.29. The summed E-state index contributed by atoms with van der Waals surface area (Å²) in [4.78, 5) is 39.3. The van der Waals surface area contributed by atoms with Gasteiger partial charge >= 0.3 is 18.0 Å². The summed E-state index contributed by atoms with van der Waals surface area (Å²) in [6, 6.07) is 17.0. The van der Waals surface area contributed by atoms with Gasteiger partial charge in [-0.3, -0.25) is 5.32 Å². The molecule has 0 fully saturated rings. The number of benzene rings is 2. The van der Waals surface area contributed by atoms with Crippen LogP contribution >= 0.6 is 0 Å². The lowest BCUT2D eigenvalue weighted by atomic mass is 9.98. The molecule has 0 spiro atoms.